The molecular formula is C14H11Cl2FN2O. The Morgan fingerprint density at radius 3 is 2.75 bits per heavy atom. The fourth-order valence-corrected chi connectivity index (χ4v) is 2.13. The van der Waals surface area contributed by atoms with Crippen LogP contribution >= 0.6 is 23.2 Å². The predicted octanol–water partition coefficient (Wildman–Crippen LogP) is 3.80. The molecular weight excluding hydrogens is 302 g/mol. The van der Waals surface area contributed by atoms with Gasteiger partial charge in [-0.1, -0.05) is 35.3 Å². The molecule has 1 aromatic heterocycles. The molecule has 2 rings (SSSR count). The average Bonchev–Trinajstić information content (AvgIpc) is 2.43. The van der Waals surface area contributed by atoms with Gasteiger partial charge >= 0.3 is 0 Å². The number of amides is 1. The molecule has 0 radical (unpaired) electrons. The Bertz CT molecular complexity index is 649. The summed E-state index contributed by atoms with van der Waals surface area (Å²) in [7, 11) is 1.56. The first-order valence-corrected chi connectivity index (χ1v) is 6.55. The third-order valence-corrected chi connectivity index (χ3v) is 3.63. The maximum atomic E-state index is 13.5. The first-order chi connectivity index (χ1) is 9.50. The van der Waals surface area contributed by atoms with E-state index in [2.05, 4.69) is 4.98 Å². The average molecular weight is 313 g/mol. The minimum atomic E-state index is -0.790. The van der Waals surface area contributed by atoms with Crippen molar-refractivity contribution in [1.29, 1.82) is 0 Å². The molecule has 2 aromatic rings. The Labute approximate surface area is 125 Å². The van der Waals surface area contributed by atoms with Crippen LogP contribution in [-0.2, 0) is 6.54 Å². The van der Waals surface area contributed by atoms with Crippen molar-refractivity contribution in [2.24, 2.45) is 0 Å². The lowest BCUT2D eigenvalue weighted by atomic mass is 10.2. The van der Waals surface area contributed by atoms with Crippen LogP contribution in [0.5, 0.6) is 0 Å². The number of hydrogen-bond donors (Lipinski definition) is 0. The number of carbonyl (C=O) groups excluding carboxylic acids is 1. The molecule has 1 aromatic carbocycles. The van der Waals surface area contributed by atoms with Crippen LogP contribution in [0.3, 0.4) is 0 Å². The predicted molar refractivity (Wildman–Crippen MR) is 76.5 cm³/mol. The maximum absolute atomic E-state index is 13.5. The van der Waals surface area contributed by atoms with E-state index < -0.39 is 11.9 Å². The van der Waals surface area contributed by atoms with Gasteiger partial charge in [0.05, 0.1) is 15.6 Å². The van der Waals surface area contributed by atoms with Crippen molar-refractivity contribution < 1.29 is 9.18 Å². The van der Waals surface area contributed by atoms with Gasteiger partial charge in [-0.15, -0.1) is 0 Å². The number of pyridine rings is 1. The molecule has 0 saturated carbocycles. The van der Waals surface area contributed by atoms with Gasteiger partial charge in [0, 0.05) is 19.8 Å². The molecule has 0 spiro atoms. The number of hydrogen-bond acceptors (Lipinski definition) is 2. The van der Waals surface area contributed by atoms with E-state index in [0.717, 1.165) is 0 Å². The molecule has 3 nitrogen and oxygen atoms in total. The van der Waals surface area contributed by atoms with E-state index in [1.165, 1.54) is 23.2 Å². The van der Waals surface area contributed by atoms with Crippen molar-refractivity contribution in [1.82, 2.24) is 9.88 Å². The number of nitrogens with zero attached hydrogens (tertiary/aromatic N) is 2. The lowest BCUT2D eigenvalue weighted by Crippen LogP contribution is -2.27. The molecule has 0 unspecified atom stereocenters. The second-order valence-corrected chi connectivity index (χ2v) is 5.00. The van der Waals surface area contributed by atoms with Gasteiger partial charge in [0.2, 0.25) is 5.95 Å². The summed E-state index contributed by atoms with van der Waals surface area (Å²) in [4.78, 5) is 17.0. The van der Waals surface area contributed by atoms with Crippen molar-refractivity contribution in [3.63, 3.8) is 0 Å². The van der Waals surface area contributed by atoms with Gasteiger partial charge in [-0.25, -0.2) is 4.98 Å². The lowest BCUT2D eigenvalue weighted by Gasteiger charge is -2.18. The first kappa shape index (κ1) is 14.8. The van der Waals surface area contributed by atoms with Crippen LogP contribution in [0.4, 0.5) is 4.39 Å². The van der Waals surface area contributed by atoms with Crippen LogP contribution < -0.4 is 0 Å². The fourth-order valence-electron chi connectivity index (χ4n) is 1.75. The van der Waals surface area contributed by atoms with Crippen molar-refractivity contribution in [2.75, 3.05) is 7.05 Å². The molecule has 0 fully saturated rings. The third-order valence-electron chi connectivity index (χ3n) is 2.78. The Kier molecular flexibility index (Phi) is 4.57. The molecule has 0 aliphatic heterocycles. The zero-order chi connectivity index (χ0) is 14.7. The molecule has 6 heteroatoms. The highest BCUT2D eigenvalue weighted by Crippen LogP contribution is 2.26. The zero-order valence-corrected chi connectivity index (χ0v) is 12.1. The zero-order valence-electron chi connectivity index (χ0n) is 10.6. The Hall–Kier alpha value is -1.65. The van der Waals surface area contributed by atoms with Crippen molar-refractivity contribution >= 4 is 29.1 Å². The van der Waals surface area contributed by atoms with Gasteiger partial charge < -0.3 is 4.90 Å². The summed E-state index contributed by atoms with van der Waals surface area (Å²) in [6.45, 7) is 0.229. The summed E-state index contributed by atoms with van der Waals surface area (Å²) in [6.07, 6.45) is 1.29. The van der Waals surface area contributed by atoms with Crippen LogP contribution in [0.15, 0.2) is 36.5 Å². The summed E-state index contributed by atoms with van der Waals surface area (Å²) < 4.78 is 13.5. The van der Waals surface area contributed by atoms with Crippen LogP contribution in [0, 0.1) is 5.95 Å². The van der Waals surface area contributed by atoms with Gasteiger partial charge in [-0.05, 0) is 23.8 Å². The van der Waals surface area contributed by atoms with Crippen molar-refractivity contribution in [3.8, 4) is 0 Å². The number of rotatable bonds is 3. The topological polar surface area (TPSA) is 33.2 Å². The molecule has 0 N–H and O–H groups in total. The van der Waals surface area contributed by atoms with Crippen molar-refractivity contribution in [2.45, 2.75) is 6.54 Å². The van der Waals surface area contributed by atoms with Crippen LogP contribution in [-0.4, -0.2) is 22.8 Å². The van der Waals surface area contributed by atoms with E-state index in [0.29, 0.717) is 15.6 Å². The second-order valence-electron chi connectivity index (χ2n) is 4.22. The van der Waals surface area contributed by atoms with Gasteiger partial charge in [0.15, 0.2) is 0 Å². The van der Waals surface area contributed by atoms with Gasteiger partial charge in [-0.3, -0.25) is 4.79 Å². The SMILES string of the molecule is CN(Cc1cccc(Cl)c1Cl)C(=O)c1cccnc1F. The molecule has 0 atom stereocenters. The van der Waals surface area contributed by atoms with Crippen LogP contribution in [0.1, 0.15) is 15.9 Å². The minimum Gasteiger partial charge on any atom is -0.337 e. The summed E-state index contributed by atoms with van der Waals surface area (Å²) in [6, 6.07) is 8.07. The molecule has 0 aliphatic carbocycles. The third kappa shape index (κ3) is 3.08. The van der Waals surface area contributed by atoms with Gasteiger partial charge in [-0.2, -0.15) is 4.39 Å². The van der Waals surface area contributed by atoms with E-state index in [1.807, 2.05) is 0 Å². The highest BCUT2D eigenvalue weighted by Gasteiger charge is 2.18. The lowest BCUT2D eigenvalue weighted by molar-refractivity contribution is 0.0779. The smallest absolute Gasteiger partial charge is 0.258 e. The van der Waals surface area contributed by atoms with E-state index in [-0.39, 0.29) is 12.1 Å². The Morgan fingerprint density at radius 1 is 1.30 bits per heavy atom. The molecule has 1 amide bonds. The highest BCUT2D eigenvalue weighted by molar-refractivity contribution is 6.42. The normalized spacial score (nSPS) is 10.4. The fraction of sp³-hybridized carbons (Fsp3) is 0.143. The largest absolute Gasteiger partial charge is 0.337 e. The van der Waals surface area contributed by atoms with E-state index >= 15 is 0 Å². The second kappa shape index (κ2) is 6.20. The first-order valence-electron chi connectivity index (χ1n) is 5.79. The summed E-state index contributed by atoms with van der Waals surface area (Å²) in [5.41, 5.74) is 0.618. The molecule has 104 valence electrons. The molecule has 0 saturated heterocycles. The number of halogens is 3. The molecule has 0 aliphatic rings. The molecule has 20 heavy (non-hydrogen) atoms. The number of carbonyl (C=O) groups is 1. The highest BCUT2D eigenvalue weighted by atomic mass is 35.5. The van der Waals surface area contributed by atoms with Crippen LogP contribution in [0.25, 0.3) is 0 Å². The summed E-state index contributed by atoms with van der Waals surface area (Å²) in [5, 5.41) is 0.804. The summed E-state index contributed by atoms with van der Waals surface area (Å²) >= 11 is 12.0. The number of aromatic nitrogens is 1. The quantitative estimate of drug-likeness (QED) is 0.808. The Morgan fingerprint density at radius 2 is 2.05 bits per heavy atom. The van der Waals surface area contributed by atoms with Gasteiger partial charge in [0.1, 0.15) is 0 Å². The maximum Gasteiger partial charge on any atom is 0.258 e. The van der Waals surface area contributed by atoms with E-state index in [1.54, 1.807) is 25.2 Å². The van der Waals surface area contributed by atoms with E-state index in [9.17, 15) is 9.18 Å². The summed E-state index contributed by atoms with van der Waals surface area (Å²) in [5.74, 6) is -1.26. The minimum absolute atomic E-state index is 0.0758. The Balaban J connectivity index is 2.20. The molecule has 1 heterocycles. The molecule has 0 bridgehead atoms. The number of benzene rings is 1. The van der Waals surface area contributed by atoms with Crippen LogP contribution in [0.2, 0.25) is 10.0 Å². The van der Waals surface area contributed by atoms with Gasteiger partial charge in [0.25, 0.3) is 5.91 Å². The van der Waals surface area contributed by atoms with Crippen molar-refractivity contribution in [3.05, 3.63) is 63.6 Å². The monoisotopic (exact) mass is 312 g/mol. The standard InChI is InChI=1S/C14H11Cl2FN2O/c1-19(8-9-4-2-6-11(15)12(9)16)14(20)10-5-3-7-18-13(10)17/h2-7H,8H2,1H3. The van der Waals surface area contributed by atoms with E-state index in [4.69, 9.17) is 23.2 Å².